The van der Waals surface area contributed by atoms with Crippen LogP contribution in [0, 0.1) is 10.1 Å². The zero-order valence-electron chi connectivity index (χ0n) is 10.2. The van der Waals surface area contributed by atoms with Crippen molar-refractivity contribution in [3.8, 4) is 0 Å². The summed E-state index contributed by atoms with van der Waals surface area (Å²) in [5.41, 5.74) is -0.195. The summed E-state index contributed by atoms with van der Waals surface area (Å²) in [6.07, 6.45) is 3.47. The third-order valence-corrected chi connectivity index (χ3v) is 3.05. The van der Waals surface area contributed by atoms with Crippen LogP contribution >= 0.6 is 11.6 Å². The van der Waals surface area contributed by atoms with Crippen molar-refractivity contribution in [3.63, 3.8) is 0 Å². The average Bonchev–Trinajstić information content (AvgIpc) is 3.17. The molecule has 1 aliphatic carbocycles. The van der Waals surface area contributed by atoms with Gasteiger partial charge < -0.3 is 9.73 Å². The fourth-order valence-electron chi connectivity index (χ4n) is 1.70. The van der Waals surface area contributed by atoms with Crippen LogP contribution in [0.1, 0.15) is 30.5 Å². The minimum Gasteiger partial charge on any atom is -0.423 e. The van der Waals surface area contributed by atoms with Gasteiger partial charge in [-0.15, -0.1) is 10.2 Å². The van der Waals surface area contributed by atoms with E-state index in [2.05, 4.69) is 20.5 Å². The Bertz CT molecular complexity index is 655. The Morgan fingerprint density at radius 2 is 2.30 bits per heavy atom. The Labute approximate surface area is 118 Å². The molecule has 1 N–H and O–H groups in total. The second kappa shape index (κ2) is 5.04. The molecule has 0 radical (unpaired) electrons. The predicted molar refractivity (Wildman–Crippen MR) is 69.5 cm³/mol. The van der Waals surface area contributed by atoms with E-state index >= 15 is 0 Å². The molecule has 9 heteroatoms. The topological polar surface area (TPSA) is 107 Å². The van der Waals surface area contributed by atoms with Crippen LogP contribution in [-0.4, -0.2) is 20.1 Å². The van der Waals surface area contributed by atoms with E-state index in [1.165, 1.54) is 12.3 Å². The molecule has 0 aliphatic heterocycles. The highest BCUT2D eigenvalue weighted by Gasteiger charge is 2.29. The summed E-state index contributed by atoms with van der Waals surface area (Å²) in [5, 5.41) is 21.7. The number of anilines is 1. The molecule has 0 saturated heterocycles. The van der Waals surface area contributed by atoms with Crippen LogP contribution in [0.2, 0.25) is 5.02 Å². The highest BCUT2D eigenvalue weighted by Crippen LogP contribution is 2.39. The third kappa shape index (κ3) is 2.69. The molecule has 0 amide bonds. The molecule has 0 bridgehead atoms. The first-order chi connectivity index (χ1) is 9.63. The van der Waals surface area contributed by atoms with Crippen molar-refractivity contribution in [3.05, 3.63) is 39.2 Å². The van der Waals surface area contributed by atoms with Gasteiger partial charge in [-0.3, -0.25) is 10.1 Å². The Hall–Kier alpha value is -2.22. The lowest BCUT2D eigenvalue weighted by atomic mass is 10.4. The largest absolute Gasteiger partial charge is 0.423 e. The standard InChI is InChI=1S/C11H10ClN5O3/c12-7-3-8(17(18)19)10(13-4-7)14-5-9-15-16-11(20-9)6-1-2-6/h3-4,6H,1-2,5H2,(H,13,14). The quantitative estimate of drug-likeness (QED) is 0.667. The summed E-state index contributed by atoms with van der Waals surface area (Å²) >= 11 is 5.69. The van der Waals surface area contributed by atoms with Crippen molar-refractivity contribution in [2.24, 2.45) is 0 Å². The van der Waals surface area contributed by atoms with E-state index in [-0.39, 0.29) is 23.1 Å². The van der Waals surface area contributed by atoms with Crippen LogP contribution in [0.15, 0.2) is 16.7 Å². The van der Waals surface area contributed by atoms with Crippen LogP contribution in [0.3, 0.4) is 0 Å². The van der Waals surface area contributed by atoms with Crippen molar-refractivity contribution in [2.45, 2.75) is 25.3 Å². The lowest BCUT2D eigenvalue weighted by Gasteiger charge is -2.03. The van der Waals surface area contributed by atoms with Crippen LogP contribution < -0.4 is 5.32 Å². The van der Waals surface area contributed by atoms with E-state index in [0.717, 1.165) is 12.8 Å². The number of halogens is 1. The summed E-state index contributed by atoms with van der Waals surface area (Å²) < 4.78 is 5.44. The summed E-state index contributed by atoms with van der Waals surface area (Å²) in [5.74, 6) is 1.49. The van der Waals surface area contributed by atoms with Crippen molar-refractivity contribution in [1.82, 2.24) is 15.2 Å². The molecule has 0 aromatic carbocycles. The second-order valence-corrected chi connectivity index (χ2v) is 4.88. The Morgan fingerprint density at radius 3 is 3.00 bits per heavy atom. The maximum Gasteiger partial charge on any atom is 0.312 e. The number of nitrogens with zero attached hydrogens (tertiary/aromatic N) is 4. The number of rotatable bonds is 5. The molecule has 104 valence electrons. The molecule has 2 heterocycles. The molecule has 0 unspecified atom stereocenters. The van der Waals surface area contributed by atoms with Gasteiger partial charge >= 0.3 is 5.69 Å². The van der Waals surface area contributed by atoms with Gasteiger partial charge in [0.25, 0.3) is 0 Å². The van der Waals surface area contributed by atoms with E-state index in [0.29, 0.717) is 17.7 Å². The van der Waals surface area contributed by atoms with Crippen molar-refractivity contribution >= 4 is 23.1 Å². The number of aromatic nitrogens is 3. The fourth-order valence-corrected chi connectivity index (χ4v) is 1.85. The normalized spacial score (nSPS) is 14.2. The number of hydrogen-bond donors (Lipinski definition) is 1. The van der Waals surface area contributed by atoms with Gasteiger partial charge in [-0.1, -0.05) is 11.6 Å². The van der Waals surface area contributed by atoms with E-state index in [4.69, 9.17) is 16.0 Å². The molecule has 1 saturated carbocycles. The summed E-state index contributed by atoms with van der Waals surface area (Å²) in [6, 6.07) is 1.24. The Balaban J connectivity index is 1.72. The molecule has 3 rings (SSSR count). The van der Waals surface area contributed by atoms with Gasteiger partial charge in [0, 0.05) is 18.2 Å². The molecule has 1 fully saturated rings. The van der Waals surface area contributed by atoms with E-state index in [9.17, 15) is 10.1 Å². The van der Waals surface area contributed by atoms with Crippen LogP contribution in [0.25, 0.3) is 0 Å². The highest BCUT2D eigenvalue weighted by atomic mass is 35.5. The first kappa shape index (κ1) is 12.8. The Morgan fingerprint density at radius 1 is 1.50 bits per heavy atom. The molecule has 8 nitrogen and oxygen atoms in total. The maximum atomic E-state index is 10.9. The van der Waals surface area contributed by atoms with E-state index < -0.39 is 4.92 Å². The van der Waals surface area contributed by atoms with Gasteiger partial charge in [-0.25, -0.2) is 4.98 Å². The zero-order valence-corrected chi connectivity index (χ0v) is 11.0. The molecule has 2 aromatic rings. The number of hydrogen-bond acceptors (Lipinski definition) is 7. The van der Waals surface area contributed by atoms with Gasteiger partial charge in [-0.2, -0.15) is 0 Å². The zero-order chi connectivity index (χ0) is 14.1. The molecule has 20 heavy (non-hydrogen) atoms. The highest BCUT2D eigenvalue weighted by molar-refractivity contribution is 6.30. The molecule has 2 aromatic heterocycles. The van der Waals surface area contributed by atoms with E-state index in [1.807, 2.05) is 0 Å². The minimum absolute atomic E-state index is 0.116. The van der Waals surface area contributed by atoms with Crippen molar-refractivity contribution < 1.29 is 9.34 Å². The van der Waals surface area contributed by atoms with Crippen LogP contribution in [0.5, 0.6) is 0 Å². The SMILES string of the molecule is O=[N+]([O-])c1cc(Cl)cnc1NCc1nnc(C2CC2)o1. The first-order valence-electron chi connectivity index (χ1n) is 5.99. The fraction of sp³-hybridized carbons (Fsp3) is 0.364. The molecule has 1 aliphatic rings. The summed E-state index contributed by atoms with van der Waals surface area (Å²) in [4.78, 5) is 14.2. The lowest BCUT2D eigenvalue weighted by molar-refractivity contribution is -0.384. The van der Waals surface area contributed by atoms with Crippen LogP contribution in [-0.2, 0) is 6.54 Å². The minimum atomic E-state index is -0.551. The van der Waals surface area contributed by atoms with Crippen LogP contribution in [0.4, 0.5) is 11.5 Å². The average molecular weight is 296 g/mol. The first-order valence-corrected chi connectivity index (χ1v) is 6.37. The number of pyridine rings is 1. The smallest absolute Gasteiger partial charge is 0.312 e. The molecule has 0 atom stereocenters. The molecular formula is C11H10ClN5O3. The van der Waals surface area contributed by atoms with Gasteiger partial charge in [0.15, 0.2) is 0 Å². The summed E-state index contributed by atoms with van der Waals surface area (Å²) in [6.45, 7) is 0.176. The van der Waals surface area contributed by atoms with Crippen molar-refractivity contribution in [2.75, 3.05) is 5.32 Å². The molecule has 0 spiro atoms. The molecular weight excluding hydrogens is 286 g/mol. The van der Waals surface area contributed by atoms with Crippen molar-refractivity contribution in [1.29, 1.82) is 0 Å². The monoisotopic (exact) mass is 295 g/mol. The number of nitro groups is 1. The summed E-state index contributed by atoms with van der Waals surface area (Å²) in [7, 11) is 0. The second-order valence-electron chi connectivity index (χ2n) is 4.44. The van der Waals surface area contributed by atoms with Gasteiger partial charge in [-0.05, 0) is 12.8 Å². The number of nitrogens with one attached hydrogen (secondary N) is 1. The Kier molecular flexibility index (Phi) is 3.23. The van der Waals surface area contributed by atoms with Gasteiger partial charge in [0.2, 0.25) is 17.6 Å². The van der Waals surface area contributed by atoms with E-state index in [1.54, 1.807) is 0 Å². The maximum absolute atomic E-state index is 10.9. The third-order valence-electron chi connectivity index (χ3n) is 2.85. The van der Waals surface area contributed by atoms with Gasteiger partial charge in [0.1, 0.15) is 0 Å². The van der Waals surface area contributed by atoms with Gasteiger partial charge in [0.05, 0.1) is 16.5 Å². The lowest BCUT2D eigenvalue weighted by Crippen LogP contribution is -2.04. The predicted octanol–water partition coefficient (Wildman–Crippen LogP) is 2.52.